The molecule has 1 amide bonds. The van der Waals surface area contributed by atoms with Gasteiger partial charge in [0.2, 0.25) is 0 Å². The number of amides is 1. The zero-order valence-corrected chi connectivity index (χ0v) is 19.7. The van der Waals surface area contributed by atoms with Gasteiger partial charge in [0.15, 0.2) is 5.96 Å². The van der Waals surface area contributed by atoms with Gasteiger partial charge >= 0.3 is 6.09 Å². The molecule has 0 aliphatic carbocycles. The van der Waals surface area contributed by atoms with Gasteiger partial charge < -0.3 is 20.3 Å². The number of aromatic nitrogens is 2. The molecule has 1 atom stereocenters. The molecule has 0 saturated carbocycles. The third kappa shape index (κ3) is 7.28. The molecule has 2 N–H and O–H groups in total. The van der Waals surface area contributed by atoms with E-state index < -0.39 is 5.60 Å². The van der Waals surface area contributed by atoms with E-state index in [-0.39, 0.29) is 6.09 Å². The summed E-state index contributed by atoms with van der Waals surface area (Å²) in [6.45, 7) is 9.32. The molecule has 1 aliphatic heterocycles. The van der Waals surface area contributed by atoms with Gasteiger partial charge in [-0.05, 0) is 56.7 Å². The Bertz CT molecular complexity index is 888. The molecule has 1 aromatic heterocycles. The number of benzene rings is 1. The average Bonchev–Trinajstić information content (AvgIpc) is 3.27. The Hall–Kier alpha value is -3.03. The number of hydrogen-bond acceptors (Lipinski definition) is 4. The molecule has 2 aromatic rings. The van der Waals surface area contributed by atoms with Crippen molar-refractivity contribution in [3.63, 3.8) is 0 Å². The first kappa shape index (κ1) is 23.6. The summed E-state index contributed by atoms with van der Waals surface area (Å²) in [5, 5.41) is 11.1. The van der Waals surface area contributed by atoms with Crippen LogP contribution in [0.25, 0.3) is 0 Å². The van der Waals surface area contributed by atoms with Crippen LogP contribution >= 0.6 is 0 Å². The van der Waals surface area contributed by atoms with Crippen molar-refractivity contribution in [2.45, 2.75) is 52.3 Å². The van der Waals surface area contributed by atoms with Crippen molar-refractivity contribution in [1.82, 2.24) is 25.3 Å². The second-order valence-electron chi connectivity index (χ2n) is 9.21. The fraction of sp³-hybridized carbons (Fsp3) is 0.542. The zero-order chi connectivity index (χ0) is 23.0. The fourth-order valence-corrected chi connectivity index (χ4v) is 3.82. The highest BCUT2D eigenvalue weighted by Gasteiger charge is 2.27. The van der Waals surface area contributed by atoms with Gasteiger partial charge in [0.05, 0.1) is 6.54 Å². The number of carbonyl (C=O) groups is 1. The quantitative estimate of drug-likeness (QED) is 0.532. The summed E-state index contributed by atoms with van der Waals surface area (Å²) >= 11 is 0. The van der Waals surface area contributed by atoms with Gasteiger partial charge in [-0.25, -0.2) is 4.79 Å². The lowest BCUT2D eigenvalue weighted by molar-refractivity contribution is 0.0168. The number of rotatable bonds is 6. The van der Waals surface area contributed by atoms with Crippen LogP contribution in [0.2, 0.25) is 0 Å². The molecular formula is C24H36N6O2. The average molecular weight is 441 g/mol. The van der Waals surface area contributed by atoms with Gasteiger partial charge in [0.25, 0.3) is 0 Å². The second kappa shape index (κ2) is 11.0. The molecule has 0 bridgehead atoms. The maximum atomic E-state index is 12.4. The van der Waals surface area contributed by atoms with Gasteiger partial charge in [0.1, 0.15) is 5.60 Å². The van der Waals surface area contributed by atoms with E-state index in [1.165, 1.54) is 11.1 Å². The minimum absolute atomic E-state index is 0.224. The summed E-state index contributed by atoms with van der Waals surface area (Å²) in [6.07, 6.45) is 5.60. The zero-order valence-electron chi connectivity index (χ0n) is 19.7. The van der Waals surface area contributed by atoms with Crippen molar-refractivity contribution in [2.75, 3.05) is 26.7 Å². The number of aliphatic imine (C=N–C) groups is 1. The minimum atomic E-state index is -0.470. The molecule has 8 nitrogen and oxygen atoms in total. The predicted molar refractivity (Wildman–Crippen MR) is 127 cm³/mol. The van der Waals surface area contributed by atoms with Gasteiger partial charge in [-0.15, -0.1) is 0 Å². The molecule has 1 aromatic carbocycles. The highest BCUT2D eigenvalue weighted by Crippen LogP contribution is 2.19. The number of ether oxygens (including phenoxy) is 1. The first-order chi connectivity index (χ1) is 15.3. The summed E-state index contributed by atoms with van der Waals surface area (Å²) in [5.74, 6) is 1.12. The maximum absolute atomic E-state index is 12.4. The largest absolute Gasteiger partial charge is 0.444 e. The second-order valence-corrected chi connectivity index (χ2v) is 9.21. The van der Waals surface area contributed by atoms with Gasteiger partial charge in [-0.1, -0.05) is 24.3 Å². The molecular weight excluding hydrogens is 404 g/mol. The molecule has 1 aliphatic rings. The normalized spacial score (nSPS) is 17.2. The third-order valence-electron chi connectivity index (χ3n) is 5.41. The topological polar surface area (TPSA) is 83.8 Å². The molecule has 0 radical (unpaired) electrons. The molecule has 1 saturated heterocycles. The fourth-order valence-electron chi connectivity index (χ4n) is 3.82. The van der Waals surface area contributed by atoms with E-state index in [0.29, 0.717) is 19.0 Å². The Labute approximate surface area is 191 Å². The highest BCUT2D eigenvalue weighted by atomic mass is 16.6. The predicted octanol–water partition coefficient (Wildman–Crippen LogP) is 3.24. The van der Waals surface area contributed by atoms with E-state index in [9.17, 15) is 4.79 Å². The van der Waals surface area contributed by atoms with Crippen LogP contribution in [0.15, 0.2) is 47.7 Å². The molecule has 2 heterocycles. The van der Waals surface area contributed by atoms with Crippen molar-refractivity contribution in [1.29, 1.82) is 0 Å². The van der Waals surface area contributed by atoms with Crippen LogP contribution in [0.5, 0.6) is 0 Å². The number of nitrogens with zero attached hydrogens (tertiary/aromatic N) is 4. The van der Waals surface area contributed by atoms with Crippen molar-refractivity contribution < 1.29 is 9.53 Å². The summed E-state index contributed by atoms with van der Waals surface area (Å²) in [7, 11) is 1.78. The lowest BCUT2D eigenvalue weighted by Gasteiger charge is -2.34. The Kier molecular flexibility index (Phi) is 8.14. The van der Waals surface area contributed by atoms with Crippen LogP contribution in [-0.2, 0) is 17.8 Å². The van der Waals surface area contributed by atoms with Gasteiger partial charge in [-0.3, -0.25) is 9.67 Å². The Morgan fingerprint density at radius 1 is 1.22 bits per heavy atom. The summed E-state index contributed by atoms with van der Waals surface area (Å²) in [5.41, 5.74) is 1.96. The molecule has 0 spiro atoms. The van der Waals surface area contributed by atoms with Crippen molar-refractivity contribution in [3.8, 4) is 0 Å². The number of likely N-dealkylation sites (tertiary alicyclic amines) is 1. The lowest BCUT2D eigenvalue weighted by atomic mass is 9.98. The first-order valence-corrected chi connectivity index (χ1v) is 11.3. The van der Waals surface area contributed by atoms with E-state index in [0.717, 1.165) is 38.4 Å². The number of nitrogens with one attached hydrogen (secondary N) is 2. The minimum Gasteiger partial charge on any atom is -0.444 e. The van der Waals surface area contributed by atoms with E-state index in [2.05, 4.69) is 38.9 Å². The number of hydrogen-bond donors (Lipinski definition) is 2. The van der Waals surface area contributed by atoms with E-state index in [1.807, 2.05) is 48.7 Å². The van der Waals surface area contributed by atoms with Crippen molar-refractivity contribution in [2.24, 2.45) is 10.9 Å². The SMILES string of the molecule is CN=C(NCc1ccccc1Cn1cccn1)NCC1CCCN(C(=O)OC(C)(C)C)C1. The highest BCUT2D eigenvalue weighted by molar-refractivity contribution is 5.79. The van der Waals surface area contributed by atoms with Crippen LogP contribution < -0.4 is 10.6 Å². The summed E-state index contributed by atoms with van der Waals surface area (Å²) in [4.78, 5) is 18.6. The maximum Gasteiger partial charge on any atom is 0.410 e. The molecule has 174 valence electrons. The monoisotopic (exact) mass is 440 g/mol. The number of carbonyl (C=O) groups excluding carboxylic acids is 1. The smallest absolute Gasteiger partial charge is 0.410 e. The Morgan fingerprint density at radius 3 is 2.69 bits per heavy atom. The third-order valence-corrected chi connectivity index (χ3v) is 5.41. The molecule has 1 fully saturated rings. The van der Waals surface area contributed by atoms with E-state index in [1.54, 1.807) is 13.2 Å². The lowest BCUT2D eigenvalue weighted by Crippen LogP contribution is -2.47. The van der Waals surface area contributed by atoms with Crippen LogP contribution in [-0.4, -0.2) is 59.0 Å². The molecule has 32 heavy (non-hydrogen) atoms. The molecule has 1 unspecified atom stereocenters. The van der Waals surface area contributed by atoms with E-state index in [4.69, 9.17) is 4.74 Å². The summed E-state index contributed by atoms with van der Waals surface area (Å²) in [6, 6.07) is 10.3. The van der Waals surface area contributed by atoms with Crippen LogP contribution in [0, 0.1) is 5.92 Å². The van der Waals surface area contributed by atoms with Crippen LogP contribution in [0.4, 0.5) is 4.79 Å². The van der Waals surface area contributed by atoms with Crippen molar-refractivity contribution in [3.05, 3.63) is 53.9 Å². The van der Waals surface area contributed by atoms with Gasteiger partial charge in [-0.2, -0.15) is 5.10 Å². The summed E-state index contributed by atoms with van der Waals surface area (Å²) < 4.78 is 7.45. The molecule has 3 rings (SSSR count). The molecule has 8 heteroatoms. The Morgan fingerprint density at radius 2 is 2.00 bits per heavy atom. The number of piperidine rings is 1. The Balaban J connectivity index is 1.49. The number of guanidine groups is 1. The van der Waals surface area contributed by atoms with Crippen LogP contribution in [0.3, 0.4) is 0 Å². The van der Waals surface area contributed by atoms with Crippen molar-refractivity contribution >= 4 is 12.1 Å². The van der Waals surface area contributed by atoms with Crippen LogP contribution in [0.1, 0.15) is 44.7 Å². The van der Waals surface area contributed by atoms with Gasteiger partial charge in [0, 0.05) is 45.6 Å². The standard InChI is InChI=1S/C24H36N6O2/c1-24(2,3)32-23(31)29-13-7-9-19(17-29)15-26-22(25-4)27-16-20-10-5-6-11-21(20)18-30-14-8-12-28-30/h5-6,8,10-12,14,19H,7,9,13,15-18H2,1-4H3,(H2,25,26,27). The first-order valence-electron chi connectivity index (χ1n) is 11.3. The van der Waals surface area contributed by atoms with E-state index >= 15 is 0 Å².